The Labute approximate surface area is 140 Å². The van der Waals surface area contributed by atoms with Crippen LogP contribution in [0.2, 0.25) is 10.3 Å². The number of carbonyl (C=O) groups is 1. The smallest absolute Gasteiger partial charge is 0.410 e. The van der Waals surface area contributed by atoms with Gasteiger partial charge in [-0.1, -0.05) is 23.2 Å². The average molecular weight is 347 g/mol. The van der Waals surface area contributed by atoms with E-state index in [1.54, 1.807) is 4.90 Å². The number of rotatable bonds is 2. The lowest BCUT2D eigenvalue weighted by molar-refractivity contribution is 0.0210. The fourth-order valence-corrected chi connectivity index (χ4v) is 2.59. The molecule has 6 nitrogen and oxygen atoms in total. The molecule has 22 heavy (non-hydrogen) atoms. The fraction of sp³-hybridized carbons (Fsp3) is 0.643. The van der Waals surface area contributed by atoms with Gasteiger partial charge in [-0.3, -0.25) is 0 Å². The molecule has 1 aromatic heterocycles. The van der Waals surface area contributed by atoms with E-state index in [9.17, 15) is 4.79 Å². The largest absolute Gasteiger partial charge is 0.444 e. The Morgan fingerprint density at radius 2 is 1.82 bits per heavy atom. The van der Waals surface area contributed by atoms with Crippen molar-refractivity contribution >= 4 is 35.2 Å². The van der Waals surface area contributed by atoms with Crippen molar-refractivity contribution in [2.45, 2.75) is 45.3 Å². The third kappa shape index (κ3) is 5.18. The molecular weight excluding hydrogens is 327 g/mol. The molecule has 1 aliphatic heterocycles. The Morgan fingerprint density at radius 3 is 2.32 bits per heavy atom. The summed E-state index contributed by atoms with van der Waals surface area (Å²) in [5, 5.41) is 3.80. The summed E-state index contributed by atoms with van der Waals surface area (Å²) in [5.74, 6) is 0.410. The van der Waals surface area contributed by atoms with Crippen molar-refractivity contribution in [1.82, 2.24) is 14.9 Å². The Bertz CT molecular complexity index is 520. The van der Waals surface area contributed by atoms with Gasteiger partial charge in [0.1, 0.15) is 15.9 Å². The maximum Gasteiger partial charge on any atom is 0.410 e. The number of nitrogens with one attached hydrogen (secondary N) is 1. The van der Waals surface area contributed by atoms with Crippen LogP contribution in [0.5, 0.6) is 0 Å². The van der Waals surface area contributed by atoms with E-state index < -0.39 is 5.60 Å². The minimum atomic E-state index is -0.475. The van der Waals surface area contributed by atoms with Crippen LogP contribution in [0.3, 0.4) is 0 Å². The molecule has 0 radical (unpaired) electrons. The maximum atomic E-state index is 12.0. The summed E-state index contributed by atoms with van der Waals surface area (Å²) in [6, 6.07) is 1.66. The van der Waals surface area contributed by atoms with Gasteiger partial charge >= 0.3 is 6.09 Å². The molecule has 0 bridgehead atoms. The van der Waals surface area contributed by atoms with Crippen molar-refractivity contribution in [3.8, 4) is 0 Å². The number of halogens is 2. The summed E-state index contributed by atoms with van der Waals surface area (Å²) in [6.45, 7) is 6.83. The highest BCUT2D eigenvalue weighted by Gasteiger charge is 2.27. The monoisotopic (exact) mass is 346 g/mol. The molecule has 0 atom stereocenters. The number of anilines is 1. The van der Waals surface area contributed by atoms with Crippen LogP contribution >= 0.6 is 23.2 Å². The zero-order valence-electron chi connectivity index (χ0n) is 12.9. The Balaban J connectivity index is 1.86. The van der Waals surface area contributed by atoms with Gasteiger partial charge in [-0.15, -0.1) is 0 Å². The second-order valence-corrected chi connectivity index (χ2v) is 7.00. The van der Waals surface area contributed by atoms with Crippen molar-refractivity contribution in [2.24, 2.45) is 0 Å². The van der Waals surface area contributed by atoms with E-state index in [1.807, 2.05) is 20.8 Å². The number of hydrogen-bond donors (Lipinski definition) is 1. The van der Waals surface area contributed by atoms with Gasteiger partial charge in [-0.05, 0) is 33.6 Å². The van der Waals surface area contributed by atoms with E-state index >= 15 is 0 Å². The summed E-state index contributed by atoms with van der Waals surface area (Å²) in [4.78, 5) is 21.9. The van der Waals surface area contributed by atoms with Crippen molar-refractivity contribution < 1.29 is 9.53 Å². The third-order valence-electron chi connectivity index (χ3n) is 3.14. The SMILES string of the molecule is CC(C)(C)OC(=O)N1CCC(Nc2nc(Cl)cc(Cl)n2)CC1. The van der Waals surface area contributed by atoms with E-state index in [-0.39, 0.29) is 12.1 Å². The molecule has 1 aliphatic rings. The van der Waals surface area contributed by atoms with Gasteiger partial charge in [-0.25, -0.2) is 14.8 Å². The zero-order chi connectivity index (χ0) is 16.3. The number of likely N-dealkylation sites (tertiary alicyclic amines) is 1. The molecule has 0 aliphatic carbocycles. The highest BCUT2D eigenvalue weighted by Crippen LogP contribution is 2.19. The number of piperidine rings is 1. The first kappa shape index (κ1) is 17.1. The minimum absolute atomic E-state index is 0.174. The highest BCUT2D eigenvalue weighted by molar-refractivity contribution is 6.33. The van der Waals surface area contributed by atoms with Crippen LogP contribution in [0, 0.1) is 0 Å². The zero-order valence-corrected chi connectivity index (χ0v) is 14.4. The van der Waals surface area contributed by atoms with E-state index in [1.165, 1.54) is 6.07 Å². The van der Waals surface area contributed by atoms with Crippen LogP contribution in [-0.2, 0) is 4.74 Å². The van der Waals surface area contributed by atoms with Crippen LogP contribution in [0.1, 0.15) is 33.6 Å². The van der Waals surface area contributed by atoms with E-state index in [0.29, 0.717) is 29.3 Å². The maximum absolute atomic E-state index is 12.0. The van der Waals surface area contributed by atoms with Crippen molar-refractivity contribution in [1.29, 1.82) is 0 Å². The lowest BCUT2D eigenvalue weighted by Crippen LogP contribution is -2.44. The summed E-state index contributed by atoms with van der Waals surface area (Å²) in [6.07, 6.45) is 1.30. The summed E-state index contributed by atoms with van der Waals surface area (Å²) in [5.41, 5.74) is -0.475. The fourth-order valence-electron chi connectivity index (χ4n) is 2.17. The molecule has 122 valence electrons. The molecule has 1 fully saturated rings. The number of hydrogen-bond acceptors (Lipinski definition) is 5. The normalized spacial score (nSPS) is 16.5. The lowest BCUT2D eigenvalue weighted by atomic mass is 10.1. The molecule has 2 heterocycles. The van der Waals surface area contributed by atoms with Crippen LogP contribution < -0.4 is 5.32 Å². The molecule has 1 saturated heterocycles. The van der Waals surface area contributed by atoms with Gasteiger partial charge in [-0.2, -0.15) is 0 Å². The number of ether oxygens (including phenoxy) is 1. The molecule has 1 N–H and O–H groups in total. The third-order valence-corrected chi connectivity index (χ3v) is 3.53. The summed E-state index contributed by atoms with van der Waals surface area (Å²) < 4.78 is 5.37. The van der Waals surface area contributed by atoms with E-state index in [4.69, 9.17) is 27.9 Å². The van der Waals surface area contributed by atoms with Gasteiger partial charge in [0.05, 0.1) is 0 Å². The number of amides is 1. The molecule has 0 unspecified atom stereocenters. The molecule has 0 spiro atoms. The van der Waals surface area contributed by atoms with E-state index in [0.717, 1.165) is 12.8 Å². The Morgan fingerprint density at radius 1 is 1.27 bits per heavy atom. The first-order valence-electron chi connectivity index (χ1n) is 7.17. The molecule has 2 rings (SSSR count). The number of carbonyl (C=O) groups excluding carboxylic acids is 1. The summed E-state index contributed by atoms with van der Waals surface area (Å²) >= 11 is 11.7. The van der Waals surface area contributed by atoms with Gasteiger partial charge in [0.25, 0.3) is 0 Å². The van der Waals surface area contributed by atoms with Gasteiger partial charge in [0.2, 0.25) is 5.95 Å². The van der Waals surface area contributed by atoms with Gasteiger partial charge in [0, 0.05) is 25.2 Å². The molecular formula is C14H20Cl2N4O2. The molecule has 0 aromatic carbocycles. The lowest BCUT2D eigenvalue weighted by Gasteiger charge is -2.33. The topological polar surface area (TPSA) is 67.3 Å². The van der Waals surface area contributed by atoms with E-state index in [2.05, 4.69) is 15.3 Å². The Hall–Kier alpha value is -1.27. The highest BCUT2D eigenvalue weighted by atomic mass is 35.5. The second-order valence-electron chi connectivity index (χ2n) is 6.22. The van der Waals surface area contributed by atoms with Crippen LogP contribution in [-0.4, -0.2) is 45.7 Å². The standard InChI is InChI=1S/C14H20Cl2N4O2/c1-14(2,3)22-13(21)20-6-4-9(5-7-20)17-12-18-10(15)8-11(16)19-12/h8-9H,4-7H2,1-3H3,(H,17,18,19). The van der Waals surface area contributed by atoms with Crippen LogP contribution in [0.15, 0.2) is 6.07 Å². The first-order chi connectivity index (χ1) is 10.2. The second kappa shape index (κ2) is 6.87. The number of nitrogens with zero attached hydrogens (tertiary/aromatic N) is 3. The van der Waals surface area contributed by atoms with Crippen LogP contribution in [0.25, 0.3) is 0 Å². The number of aromatic nitrogens is 2. The Kier molecular flexibility index (Phi) is 5.34. The average Bonchev–Trinajstić information content (AvgIpc) is 2.36. The van der Waals surface area contributed by atoms with Crippen LogP contribution in [0.4, 0.5) is 10.7 Å². The molecule has 1 amide bonds. The molecule has 8 heteroatoms. The minimum Gasteiger partial charge on any atom is -0.444 e. The predicted octanol–water partition coefficient (Wildman–Crippen LogP) is 3.59. The summed E-state index contributed by atoms with van der Waals surface area (Å²) in [7, 11) is 0. The van der Waals surface area contributed by atoms with Gasteiger partial charge in [0.15, 0.2) is 0 Å². The predicted molar refractivity (Wildman–Crippen MR) is 86.5 cm³/mol. The van der Waals surface area contributed by atoms with Crippen molar-refractivity contribution in [3.05, 3.63) is 16.4 Å². The van der Waals surface area contributed by atoms with Crippen molar-refractivity contribution in [3.63, 3.8) is 0 Å². The quantitative estimate of drug-likeness (QED) is 0.828. The first-order valence-corrected chi connectivity index (χ1v) is 7.93. The van der Waals surface area contributed by atoms with Gasteiger partial charge < -0.3 is 15.0 Å². The molecule has 1 aromatic rings. The van der Waals surface area contributed by atoms with Crippen molar-refractivity contribution in [2.75, 3.05) is 18.4 Å². The molecule has 0 saturated carbocycles.